The van der Waals surface area contributed by atoms with Crippen molar-refractivity contribution in [3.63, 3.8) is 0 Å². The van der Waals surface area contributed by atoms with E-state index in [0.717, 1.165) is 36.0 Å². The van der Waals surface area contributed by atoms with Gasteiger partial charge in [0.1, 0.15) is 16.4 Å². The normalized spacial score (nSPS) is 21.4. The molecule has 1 atom stereocenters. The fourth-order valence-corrected chi connectivity index (χ4v) is 3.20. The molecule has 114 valence electrons. The minimum atomic E-state index is 0.263. The second-order valence-corrected chi connectivity index (χ2v) is 6.75. The maximum Gasteiger partial charge on any atom is 0.146 e. The number of nitrogens with zero attached hydrogens (tertiary/aromatic N) is 4. The Morgan fingerprint density at radius 2 is 2.27 bits per heavy atom. The molecule has 0 radical (unpaired) electrons. The molecule has 1 saturated carbocycles. The molecule has 2 fully saturated rings. The number of aromatic nitrogens is 4. The molecule has 0 amide bonds. The topological polar surface area (TPSA) is 52.8 Å². The van der Waals surface area contributed by atoms with Crippen LogP contribution in [0, 0.1) is 17.8 Å². The van der Waals surface area contributed by atoms with Crippen molar-refractivity contribution in [1.82, 2.24) is 20.0 Å². The summed E-state index contributed by atoms with van der Waals surface area (Å²) in [5.74, 6) is 6.98. The van der Waals surface area contributed by atoms with Crippen molar-refractivity contribution in [1.29, 1.82) is 0 Å². The summed E-state index contributed by atoms with van der Waals surface area (Å²) in [7, 11) is 0. The molecular weight excluding hydrogens is 296 g/mol. The zero-order valence-corrected chi connectivity index (χ0v) is 13.2. The fraction of sp³-hybridized carbons (Fsp3) is 0.562. The Morgan fingerprint density at radius 3 is 3.09 bits per heavy atom. The van der Waals surface area contributed by atoms with Gasteiger partial charge in [-0.05, 0) is 38.0 Å². The van der Waals surface area contributed by atoms with Gasteiger partial charge in [-0.2, -0.15) is 0 Å². The van der Waals surface area contributed by atoms with Crippen molar-refractivity contribution < 1.29 is 4.74 Å². The van der Waals surface area contributed by atoms with Gasteiger partial charge in [-0.15, -0.1) is 16.4 Å². The fourth-order valence-electron chi connectivity index (χ4n) is 2.50. The minimum Gasteiger partial charge on any atom is -0.376 e. The molecule has 1 unspecified atom stereocenters. The summed E-state index contributed by atoms with van der Waals surface area (Å²) in [6.07, 6.45) is 8.20. The number of hydrogen-bond acceptors (Lipinski definition) is 5. The van der Waals surface area contributed by atoms with E-state index < -0.39 is 0 Å². The molecule has 6 heteroatoms. The minimum absolute atomic E-state index is 0.263. The van der Waals surface area contributed by atoms with Crippen molar-refractivity contribution in [2.75, 3.05) is 6.61 Å². The van der Waals surface area contributed by atoms with Crippen LogP contribution < -0.4 is 0 Å². The molecule has 2 aromatic rings. The molecular formula is C16H18N4OS. The van der Waals surface area contributed by atoms with Crippen LogP contribution in [0.1, 0.15) is 37.8 Å². The van der Waals surface area contributed by atoms with Gasteiger partial charge < -0.3 is 4.74 Å². The van der Waals surface area contributed by atoms with E-state index in [4.69, 9.17) is 4.74 Å². The van der Waals surface area contributed by atoms with E-state index in [1.165, 1.54) is 25.7 Å². The van der Waals surface area contributed by atoms with Crippen molar-refractivity contribution in [3.05, 3.63) is 17.3 Å². The van der Waals surface area contributed by atoms with Crippen LogP contribution in [-0.4, -0.2) is 32.7 Å². The van der Waals surface area contributed by atoms with Gasteiger partial charge in [-0.1, -0.05) is 11.1 Å². The van der Waals surface area contributed by atoms with Crippen molar-refractivity contribution in [2.24, 2.45) is 5.92 Å². The highest BCUT2D eigenvalue weighted by molar-refractivity contribution is 7.13. The van der Waals surface area contributed by atoms with Gasteiger partial charge in [0.05, 0.1) is 18.8 Å². The van der Waals surface area contributed by atoms with Gasteiger partial charge in [0, 0.05) is 17.9 Å². The van der Waals surface area contributed by atoms with Gasteiger partial charge in [0.2, 0.25) is 0 Å². The van der Waals surface area contributed by atoms with Crippen molar-refractivity contribution in [2.45, 2.75) is 44.8 Å². The standard InChI is InChI=1S/C16H18N4OS/c1-2-8-21-14(3-1)9-20-10-15(18-19-20)16-17-13(11-22-16)7-6-12-4-5-12/h10-12,14H,1-5,8-9H2. The summed E-state index contributed by atoms with van der Waals surface area (Å²) in [6.45, 7) is 1.63. The molecule has 4 rings (SSSR count). The summed E-state index contributed by atoms with van der Waals surface area (Å²) >= 11 is 1.57. The Labute approximate surface area is 133 Å². The first kappa shape index (κ1) is 13.9. The van der Waals surface area contributed by atoms with Gasteiger partial charge in [-0.25, -0.2) is 9.67 Å². The first-order valence-electron chi connectivity index (χ1n) is 7.86. The van der Waals surface area contributed by atoms with E-state index >= 15 is 0 Å². The largest absolute Gasteiger partial charge is 0.376 e. The lowest BCUT2D eigenvalue weighted by molar-refractivity contribution is 0.00370. The van der Waals surface area contributed by atoms with Crippen LogP contribution in [0.15, 0.2) is 11.6 Å². The van der Waals surface area contributed by atoms with E-state index in [1.807, 2.05) is 16.3 Å². The molecule has 0 spiro atoms. The number of rotatable bonds is 3. The van der Waals surface area contributed by atoms with E-state index in [0.29, 0.717) is 5.92 Å². The highest BCUT2D eigenvalue weighted by atomic mass is 32.1. The Hall–Kier alpha value is -1.71. The van der Waals surface area contributed by atoms with Gasteiger partial charge in [0.15, 0.2) is 0 Å². The third kappa shape index (κ3) is 3.37. The zero-order chi connectivity index (χ0) is 14.8. The molecule has 3 heterocycles. The lowest BCUT2D eigenvalue weighted by atomic mass is 10.1. The van der Waals surface area contributed by atoms with Crippen LogP contribution in [0.4, 0.5) is 0 Å². The van der Waals surface area contributed by atoms with Crippen LogP contribution in [0.5, 0.6) is 0 Å². The Balaban J connectivity index is 1.43. The highest BCUT2D eigenvalue weighted by Gasteiger charge is 2.18. The van der Waals surface area contributed by atoms with Crippen LogP contribution in [0.3, 0.4) is 0 Å². The molecule has 22 heavy (non-hydrogen) atoms. The average Bonchev–Trinajstić information content (AvgIpc) is 3.06. The summed E-state index contributed by atoms with van der Waals surface area (Å²) in [4.78, 5) is 4.54. The molecule has 0 N–H and O–H groups in total. The summed E-state index contributed by atoms with van der Waals surface area (Å²) in [6, 6.07) is 0. The highest BCUT2D eigenvalue weighted by Crippen LogP contribution is 2.28. The van der Waals surface area contributed by atoms with Gasteiger partial charge in [-0.3, -0.25) is 0 Å². The molecule has 0 bridgehead atoms. The van der Waals surface area contributed by atoms with Gasteiger partial charge in [0.25, 0.3) is 0 Å². The summed E-state index contributed by atoms with van der Waals surface area (Å²) in [5, 5.41) is 11.3. The predicted molar refractivity (Wildman–Crippen MR) is 84.3 cm³/mol. The molecule has 2 aliphatic rings. The first-order chi connectivity index (χ1) is 10.9. The van der Waals surface area contributed by atoms with Gasteiger partial charge >= 0.3 is 0 Å². The third-order valence-electron chi connectivity index (χ3n) is 3.91. The number of hydrogen-bond donors (Lipinski definition) is 0. The van der Waals surface area contributed by atoms with Crippen LogP contribution >= 0.6 is 11.3 Å². The first-order valence-corrected chi connectivity index (χ1v) is 8.74. The van der Waals surface area contributed by atoms with Crippen LogP contribution in [0.2, 0.25) is 0 Å². The monoisotopic (exact) mass is 314 g/mol. The summed E-state index contributed by atoms with van der Waals surface area (Å²) in [5.41, 5.74) is 1.66. The Bertz CT molecular complexity index is 701. The molecule has 5 nitrogen and oxygen atoms in total. The molecule has 1 aliphatic carbocycles. The lowest BCUT2D eigenvalue weighted by Gasteiger charge is -2.21. The lowest BCUT2D eigenvalue weighted by Crippen LogP contribution is -2.24. The summed E-state index contributed by atoms with van der Waals surface area (Å²) < 4.78 is 7.60. The SMILES string of the molecule is C(#CC1CC1)c1csc(-c2cn(CC3CCCCO3)nn2)n1. The van der Waals surface area contributed by atoms with Crippen LogP contribution in [0.25, 0.3) is 10.7 Å². The predicted octanol–water partition coefficient (Wildman–Crippen LogP) is 2.73. The number of ether oxygens (including phenoxy) is 1. The van der Waals surface area contributed by atoms with E-state index in [9.17, 15) is 0 Å². The number of thiazole rings is 1. The van der Waals surface area contributed by atoms with Crippen molar-refractivity contribution >= 4 is 11.3 Å². The van der Waals surface area contributed by atoms with E-state index in [2.05, 4.69) is 27.1 Å². The quantitative estimate of drug-likeness (QED) is 0.818. The smallest absolute Gasteiger partial charge is 0.146 e. The Kier molecular flexibility index (Phi) is 3.92. The Morgan fingerprint density at radius 1 is 1.32 bits per heavy atom. The molecule has 1 saturated heterocycles. The third-order valence-corrected chi connectivity index (χ3v) is 4.77. The van der Waals surface area contributed by atoms with E-state index in [-0.39, 0.29) is 6.10 Å². The maximum absolute atomic E-state index is 5.74. The average molecular weight is 314 g/mol. The molecule has 2 aromatic heterocycles. The van der Waals surface area contributed by atoms with Crippen molar-refractivity contribution in [3.8, 4) is 22.5 Å². The molecule has 1 aliphatic heterocycles. The maximum atomic E-state index is 5.74. The second-order valence-electron chi connectivity index (χ2n) is 5.90. The van der Waals surface area contributed by atoms with E-state index in [1.54, 1.807) is 11.3 Å². The second kappa shape index (κ2) is 6.19. The van der Waals surface area contributed by atoms with Crippen LogP contribution in [-0.2, 0) is 11.3 Å². The molecule has 0 aromatic carbocycles. The zero-order valence-electron chi connectivity index (χ0n) is 12.4.